The molecule has 0 saturated carbocycles. The Balaban J connectivity index is 1.64. The van der Waals surface area contributed by atoms with Gasteiger partial charge in [-0.3, -0.25) is 0 Å². The van der Waals surface area contributed by atoms with E-state index in [4.69, 9.17) is 0 Å². The summed E-state index contributed by atoms with van der Waals surface area (Å²) in [6, 6.07) is 22.3. The van der Waals surface area contributed by atoms with E-state index in [0.717, 1.165) is 34.7 Å². The Bertz CT molecular complexity index is 1090. The van der Waals surface area contributed by atoms with E-state index in [9.17, 15) is 5.11 Å². The maximum atomic E-state index is 10.6. The number of hydrogen-bond donors (Lipinski definition) is 2. The average Bonchev–Trinajstić information content (AvgIpc) is 3.13. The quantitative estimate of drug-likeness (QED) is 0.429. The molecule has 5 heteroatoms. The Labute approximate surface area is 169 Å². The zero-order valence-electron chi connectivity index (χ0n) is 16.0. The molecule has 4 aromatic rings. The first-order valence-corrected chi connectivity index (χ1v) is 10.3. The van der Waals surface area contributed by atoms with E-state index in [-0.39, 0.29) is 5.75 Å². The molecule has 0 amide bonds. The first kappa shape index (κ1) is 18.4. The van der Waals surface area contributed by atoms with Crippen molar-refractivity contribution in [1.29, 1.82) is 0 Å². The van der Waals surface area contributed by atoms with Crippen molar-refractivity contribution in [3.05, 3.63) is 66.7 Å². The number of phenols is 1. The van der Waals surface area contributed by atoms with Gasteiger partial charge in [-0.2, -0.15) is 0 Å². The lowest BCUT2D eigenvalue weighted by atomic mass is 10.1. The Morgan fingerprint density at radius 3 is 2.43 bits per heavy atom. The highest BCUT2D eigenvalue weighted by Crippen LogP contribution is 2.34. The molecule has 0 aliphatic heterocycles. The van der Waals surface area contributed by atoms with Crippen molar-refractivity contribution < 1.29 is 5.11 Å². The van der Waals surface area contributed by atoms with Gasteiger partial charge in [-0.1, -0.05) is 30.0 Å². The van der Waals surface area contributed by atoms with Gasteiger partial charge in [-0.05, 0) is 56.3 Å². The summed E-state index contributed by atoms with van der Waals surface area (Å²) in [5.74, 6) is 0.919. The minimum Gasteiger partial charge on any atom is -0.507 e. The fraction of sp³-hybridized carbons (Fsp3) is 0.174. The SMILES string of the molecule is CCN(CC)c1ccc(-c2nc3ccc(Sc4ccccc4)cc3[nH]2)c(O)c1. The maximum Gasteiger partial charge on any atom is 0.142 e. The van der Waals surface area contributed by atoms with Crippen LogP contribution in [0.4, 0.5) is 5.69 Å². The van der Waals surface area contributed by atoms with Gasteiger partial charge in [0.1, 0.15) is 11.6 Å². The summed E-state index contributed by atoms with van der Waals surface area (Å²) < 4.78 is 0. The number of phenolic OH excluding ortho intramolecular Hbond substituents is 1. The van der Waals surface area contributed by atoms with Gasteiger partial charge >= 0.3 is 0 Å². The predicted octanol–water partition coefficient (Wildman–Crippen LogP) is 5.93. The van der Waals surface area contributed by atoms with Crippen LogP contribution in [0.15, 0.2) is 76.5 Å². The Hall–Kier alpha value is -2.92. The molecule has 0 saturated heterocycles. The molecule has 0 unspecified atom stereocenters. The summed E-state index contributed by atoms with van der Waals surface area (Å²) in [5, 5.41) is 10.6. The van der Waals surface area contributed by atoms with Crippen molar-refractivity contribution in [2.24, 2.45) is 0 Å². The number of H-pyrrole nitrogens is 1. The van der Waals surface area contributed by atoms with E-state index < -0.39 is 0 Å². The largest absolute Gasteiger partial charge is 0.507 e. The minimum absolute atomic E-state index is 0.238. The highest BCUT2D eigenvalue weighted by molar-refractivity contribution is 7.99. The highest BCUT2D eigenvalue weighted by atomic mass is 32.2. The number of aromatic amines is 1. The number of fused-ring (bicyclic) bond motifs is 1. The summed E-state index contributed by atoms with van der Waals surface area (Å²) in [6.45, 7) is 6.03. The smallest absolute Gasteiger partial charge is 0.142 e. The molecule has 2 N–H and O–H groups in total. The van der Waals surface area contributed by atoms with Crippen molar-refractivity contribution >= 4 is 28.5 Å². The summed E-state index contributed by atoms with van der Waals surface area (Å²) in [7, 11) is 0. The third-order valence-electron chi connectivity index (χ3n) is 4.80. The predicted molar refractivity (Wildman–Crippen MR) is 117 cm³/mol. The fourth-order valence-electron chi connectivity index (χ4n) is 3.31. The van der Waals surface area contributed by atoms with Crippen LogP contribution in [-0.4, -0.2) is 28.2 Å². The van der Waals surface area contributed by atoms with Gasteiger partial charge in [-0.15, -0.1) is 0 Å². The van der Waals surface area contributed by atoms with Crippen LogP contribution in [0.1, 0.15) is 13.8 Å². The number of aromatic nitrogens is 2. The Morgan fingerprint density at radius 1 is 0.929 bits per heavy atom. The molecule has 4 nitrogen and oxygen atoms in total. The van der Waals surface area contributed by atoms with E-state index in [2.05, 4.69) is 53.0 Å². The van der Waals surface area contributed by atoms with Gasteiger partial charge in [0.25, 0.3) is 0 Å². The Kier molecular flexibility index (Phi) is 5.26. The standard InChI is InChI=1S/C23H23N3OS/c1-3-26(4-2)16-10-12-19(22(27)14-16)23-24-20-13-11-18(15-21(20)25-23)28-17-8-6-5-7-9-17/h5-15,27H,3-4H2,1-2H3,(H,24,25). The molecule has 0 aliphatic carbocycles. The normalized spacial score (nSPS) is 11.1. The van der Waals surface area contributed by atoms with E-state index in [0.29, 0.717) is 11.4 Å². The molecule has 142 valence electrons. The second kappa shape index (κ2) is 7.98. The molecule has 0 aliphatic rings. The van der Waals surface area contributed by atoms with Gasteiger partial charge in [0.2, 0.25) is 0 Å². The number of nitrogens with zero attached hydrogens (tertiary/aromatic N) is 2. The number of hydrogen-bond acceptors (Lipinski definition) is 4. The zero-order valence-corrected chi connectivity index (χ0v) is 16.8. The summed E-state index contributed by atoms with van der Waals surface area (Å²) in [4.78, 5) is 12.6. The van der Waals surface area contributed by atoms with Crippen molar-refractivity contribution in [3.8, 4) is 17.1 Å². The molecule has 0 bridgehead atoms. The summed E-state index contributed by atoms with van der Waals surface area (Å²) in [6.07, 6.45) is 0. The van der Waals surface area contributed by atoms with Crippen LogP contribution in [0.25, 0.3) is 22.4 Å². The summed E-state index contributed by atoms with van der Waals surface area (Å²) in [5.41, 5.74) is 3.58. The highest BCUT2D eigenvalue weighted by Gasteiger charge is 2.12. The van der Waals surface area contributed by atoms with Crippen LogP contribution in [0.3, 0.4) is 0 Å². The molecule has 4 rings (SSSR count). The van der Waals surface area contributed by atoms with Crippen molar-refractivity contribution in [2.75, 3.05) is 18.0 Å². The van der Waals surface area contributed by atoms with Crippen molar-refractivity contribution in [2.45, 2.75) is 23.6 Å². The van der Waals surface area contributed by atoms with Crippen LogP contribution in [-0.2, 0) is 0 Å². The molecule has 1 aromatic heterocycles. The first-order chi connectivity index (χ1) is 13.7. The number of benzene rings is 3. The molecule has 0 fully saturated rings. The summed E-state index contributed by atoms with van der Waals surface area (Å²) >= 11 is 1.72. The molecule has 0 radical (unpaired) electrons. The van der Waals surface area contributed by atoms with E-state index in [1.807, 2.05) is 42.5 Å². The second-order valence-corrected chi connectivity index (χ2v) is 7.70. The lowest BCUT2D eigenvalue weighted by Crippen LogP contribution is -2.21. The van der Waals surface area contributed by atoms with E-state index >= 15 is 0 Å². The fourth-order valence-corrected chi connectivity index (χ4v) is 4.19. The van der Waals surface area contributed by atoms with Crippen LogP contribution in [0.2, 0.25) is 0 Å². The number of nitrogens with one attached hydrogen (secondary N) is 1. The first-order valence-electron chi connectivity index (χ1n) is 9.49. The van der Waals surface area contributed by atoms with Gasteiger partial charge < -0.3 is 15.0 Å². The molecule has 3 aromatic carbocycles. The Morgan fingerprint density at radius 2 is 1.71 bits per heavy atom. The van der Waals surface area contributed by atoms with Gasteiger partial charge in [0.15, 0.2) is 0 Å². The maximum absolute atomic E-state index is 10.6. The monoisotopic (exact) mass is 389 g/mol. The molecule has 28 heavy (non-hydrogen) atoms. The molecular weight excluding hydrogens is 366 g/mol. The van der Waals surface area contributed by atoms with Crippen LogP contribution < -0.4 is 4.90 Å². The van der Waals surface area contributed by atoms with Crippen LogP contribution >= 0.6 is 11.8 Å². The van der Waals surface area contributed by atoms with Gasteiger partial charge in [0, 0.05) is 34.6 Å². The molecule has 1 heterocycles. The lowest BCUT2D eigenvalue weighted by Gasteiger charge is -2.21. The third kappa shape index (κ3) is 3.71. The second-order valence-electron chi connectivity index (χ2n) is 6.55. The molecule has 0 spiro atoms. The number of imidazole rings is 1. The lowest BCUT2D eigenvalue weighted by molar-refractivity contribution is 0.477. The van der Waals surface area contributed by atoms with Crippen LogP contribution in [0.5, 0.6) is 5.75 Å². The van der Waals surface area contributed by atoms with Crippen molar-refractivity contribution in [1.82, 2.24) is 9.97 Å². The zero-order chi connectivity index (χ0) is 19.5. The minimum atomic E-state index is 0.238. The number of aromatic hydroxyl groups is 1. The van der Waals surface area contributed by atoms with Crippen molar-refractivity contribution in [3.63, 3.8) is 0 Å². The average molecular weight is 390 g/mol. The van der Waals surface area contributed by atoms with Gasteiger partial charge in [-0.25, -0.2) is 4.98 Å². The van der Waals surface area contributed by atoms with E-state index in [1.54, 1.807) is 11.8 Å². The third-order valence-corrected chi connectivity index (χ3v) is 5.79. The molecule has 0 atom stereocenters. The number of rotatable bonds is 6. The van der Waals surface area contributed by atoms with Crippen LogP contribution in [0, 0.1) is 0 Å². The number of anilines is 1. The van der Waals surface area contributed by atoms with E-state index in [1.165, 1.54) is 4.90 Å². The topological polar surface area (TPSA) is 52.2 Å². The molecular formula is C23H23N3OS. The van der Waals surface area contributed by atoms with Gasteiger partial charge in [0.05, 0.1) is 16.6 Å².